The summed E-state index contributed by atoms with van der Waals surface area (Å²) in [6, 6.07) is 4.73. The maximum Gasteiger partial charge on any atom is 0.335 e. The smallest absolute Gasteiger partial charge is 0.335 e. The summed E-state index contributed by atoms with van der Waals surface area (Å²) in [4.78, 5) is 10.8. The second-order valence-electron chi connectivity index (χ2n) is 4.61. The predicted molar refractivity (Wildman–Crippen MR) is 69.8 cm³/mol. The molecule has 2 unspecified atom stereocenters. The Morgan fingerprint density at radius 1 is 1.61 bits per heavy atom. The third-order valence-corrected chi connectivity index (χ3v) is 3.39. The average Bonchev–Trinajstić information content (AvgIpc) is 2.73. The number of hydrogen-bond donors (Lipinski definition) is 3. The summed E-state index contributed by atoms with van der Waals surface area (Å²) in [6.45, 7) is 3.66. The number of nitrogens with one attached hydrogen (secondary N) is 1. The highest BCUT2D eigenvalue weighted by atomic mass is 16.5. The van der Waals surface area contributed by atoms with Crippen LogP contribution in [0, 0.1) is 5.92 Å². The summed E-state index contributed by atoms with van der Waals surface area (Å²) in [6.07, 6.45) is 1.30. The predicted octanol–water partition coefficient (Wildman–Crippen LogP) is 1.80. The van der Waals surface area contributed by atoms with Gasteiger partial charge in [-0.25, -0.2) is 4.79 Å². The van der Waals surface area contributed by atoms with Gasteiger partial charge < -0.3 is 20.9 Å². The molecule has 1 heterocycles. The minimum absolute atomic E-state index is 0.204. The van der Waals surface area contributed by atoms with Gasteiger partial charge in [0.1, 0.15) is 0 Å². The number of hydrogen-bond acceptors (Lipinski definition) is 4. The molecule has 0 radical (unpaired) electrons. The van der Waals surface area contributed by atoms with E-state index in [1.54, 1.807) is 12.1 Å². The van der Waals surface area contributed by atoms with Crippen molar-refractivity contribution >= 4 is 17.3 Å². The van der Waals surface area contributed by atoms with Gasteiger partial charge in [0, 0.05) is 19.1 Å². The highest BCUT2D eigenvalue weighted by Gasteiger charge is 2.23. The molecule has 1 saturated heterocycles. The molecule has 0 amide bonds. The normalized spacial score (nSPS) is 22.9. The number of anilines is 2. The third kappa shape index (κ3) is 2.73. The lowest BCUT2D eigenvalue weighted by atomic mass is 10.0. The standard InChI is InChI=1S/C13H18N2O3/c1-8-10(4-5-18-8)7-15-12-3-2-9(13(16)17)6-11(12)14/h2-3,6,8,10,15H,4-5,7,14H2,1H3,(H,16,17). The van der Waals surface area contributed by atoms with Crippen LogP contribution in [0.25, 0.3) is 0 Å². The lowest BCUT2D eigenvalue weighted by molar-refractivity contribution is 0.0697. The quantitative estimate of drug-likeness (QED) is 0.710. The largest absolute Gasteiger partial charge is 0.478 e. The third-order valence-electron chi connectivity index (χ3n) is 3.39. The summed E-state index contributed by atoms with van der Waals surface area (Å²) in [5, 5.41) is 12.1. The molecule has 0 bridgehead atoms. The SMILES string of the molecule is CC1OCCC1CNc1ccc(C(=O)O)cc1N. The van der Waals surface area contributed by atoms with Gasteiger partial charge in [-0.2, -0.15) is 0 Å². The van der Waals surface area contributed by atoms with E-state index in [9.17, 15) is 4.79 Å². The van der Waals surface area contributed by atoms with E-state index in [1.165, 1.54) is 6.07 Å². The van der Waals surface area contributed by atoms with Gasteiger partial charge in [0.15, 0.2) is 0 Å². The Morgan fingerprint density at radius 2 is 2.39 bits per heavy atom. The van der Waals surface area contributed by atoms with Crippen LogP contribution in [-0.4, -0.2) is 30.3 Å². The first-order chi connectivity index (χ1) is 8.58. The molecule has 1 fully saturated rings. The summed E-state index contributed by atoms with van der Waals surface area (Å²) >= 11 is 0. The Morgan fingerprint density at radius 3 is 2.94 bits per heavy atom. The minimum Gasteiger partial charge on any atom is -0.478 e. The Labute approximate surface area is 106 Å². The molecule has 1 aromatic carbocycles. The zero-order chi connectivity index (χ0) is 13.1. The molecule has 98 valence electrons. The second kappa shape index (κ2) is 5.27. The number of rotatable bonds is 4. The topological polar surface area (TPSA) is 84.6 Å². The van der Waals surface area contributed by atoms with Gasteiger partial charge in [0.05, 0.1) is 23.0 Å². The number of carbonyl (C=O) groups is 1. The van der Waals surface area contributed by atoms with Crippen molar-refractivity contribution in [2.24, 2.45) is 5.92 Å². The van der Waals surface area contributed by atoms with E-state index in [-0.39, 0.29) is 11.7 Å². The maximum atomic E-state index is 10.8. The van der Waals surface area contributed by atoms with Crippen molar-refractivity contribution in [1.29, 1.82) is 0 Å². The second-order valence-corrected chi connectivity index (χ2v) is 4.61. The molecule has 18 heavy (non-hydrogen) atoms. The van der Waals surface area contributed by atoms with Gasteiger partial charge in [-0.3, -0.25) is 0 Å². The summed E-state index contributed by atoms with van der Waals surface area (Å²) in [7, 11) is 0. The van der Waals surface area contributed by atoms with Gasteiger partial charge in [0.2, 0.25) is 0 Å². The van der Waals surface area contributed by atoms with Crippen LogP contribution in [0.3, 0.4) is 0 Å². The first-order valence-corrected chi connectivity index (χ1v) is 6.06. The highest BCUT2D eigenvalue weighted by Crippen LogP contribution is 2.24. The van der Waals surface area contributed by atoms with Crippen LogP contribution in [-0.2, 0) is 4.74 Å². The van der Waals surface area contributed by atoms with Crippen LogP contribution in [0.2, 0.25) is 0 Å². The molecule has 0 aliphatic carbocycles. The molecule has 5 nitrogen and oxygen atoms in total. The van der Waals surface area contributed by atoms with E-state index in [1.807, 2.05) is 0 Å². The van der Waals surface area contributed by atoms with E-state index in [0.29, 0.717) is 11.6 Å². The van der Waals surface area contributed by atoms with Crippen LogP contribution in [0.15, 0.2) is 18.2 Å². The minimum atomic E-state index is -0.967. The number of ether oxygens (including phenoxy) is 1. The zero-order valence-corrected chi connectivity index (χ0v) is 10.3. The lowest BCUT2D eigenvalue weighted by Gasteiger charge is -2.16. The van der Waals surface area contributed by atoms with E-state index in [4.69, 9.17) is 15.6 Å². The summed E-state index contributed by atoms with van der Waals surface area (Å²) < 4.78 is 5.49. The van der Waals surface area contributed by atoms with Crippen LogP contribution in [0.5, 0.6) is 0 Å². The van der Waals surface area contributed by atoms with Crippen molar-refractivity contribution in [3.63, 3.8) is 0 Å². The van der Waals surface area contributed by atoms with Crippen LogP contribution >= 0.6 is 0 Å². The van der Waals surface area contributed by atoms with Crippen LogP contribution in [0.4, 0.5) is 11.4 Å². The Hall–Kier alpha value is -1.75. The maximum absolute atomic E-state index is 10.8. The molecule has 0 aromatic heterocycles. The Balaban J connectivity index is 1.99. The Kier molecular flexibility index (Phi) is 3.72. The molecule has 5 heteroatoms. The fourth-order valence-corrected chi connectivity index (χ4v) is 2.14. The summed E-state index contributed by atoms with van der Waals surface area (Å²) in [5.74, 6) is -0.491. The van der Waals surface area contributed by atoms with E-state index in [0.717, 1.165) is 25.3 Å². The van der Waals surface area contributed by atoms with Crippen molar-refractivity contribution in [3.8, 4) is 0 Å². The first kappa shape index (κ1) is 12.7. The van der Waals surface area contributed by atoms with Crippen molar-refractivity contribution in [3.05, 3.63) is 23.8 Å². The van der Waals surface area contributed by atoms with Gasteiger partial charge >= 0.3 is 5.97 Å². The van der Waals surface area contributed by atoms with Crippen LogP contribution < -0.4 is 11.1 Å². The molecule has 2 atom stereocenters. The zero-order valence-electron chi connectivity index (χ0n) is 10.3. The van der Waals surface area contributed by atoms with Crippen molar-refractivity contribution in [2.75, 3.05) is 24.2 Å². The number of carboxylic acid groups (broad SMARTS) is 1. The highest BCUT2D eigenvalue weighted by molar-refractivity contribution is 5.90. The van der Waals surface area contributed by atoms with E-state index < -0.39 is 5.97 Å². The van der Waals surface area contributed by atoms with Crippen molar-refractivity contribution in [2.45, 2.75) is 19.4 Å². The van der Waals surface area contributed by atoms with Gasteiger partial charge in [-0.15, -0.1) is 0 Å². The number of nitrogens with two attached hydrogens (primary N) is 1. The number of nitrogen functional groups attached to an aromatic ring is 1. The van der Waals surface area contributed by atoms with Crippen molar-refractivity contribution in [1.82, 2.24) is 0 Å². The van der Waals surface area contributed by atoms with E-state index >= 15 is 0 Å². The molecule has 0 saturated carbocycles. The molecule has 1 aromatic rings. The average molecular weight is 250 g/mol. The molecule has 1 aliphatic heterocycles. The number of aromatic carboxylic acids is 1. The molecule has 1 aliphatic rings. The Bertz CT molecular complexity index is 448. The molecular weight excluding hydrogens is 232 g/mol. The van der Waals surface area contributed by atoms with Crippen LogP contribution in [0.1, 0.15) is 23.7 Å². The fraction of sp³-hybridized carbons (Fsp3) is 0.462. The monoisotopic (exact) mass is 250 g/mol. The van der Waals surface area contributed by atoms with E-state index in [2.05, 4.69) is 12.2 Å². The molecule has 2 rings (SSSR count). The first-order valence-electron chi connectivity index (χ1n) is 6.06. The lowest BCUT2D eigenvalue weighted by Crippen LogP contribution is -2.21. The van der Waals surface area contributed by atoms with Gasteiger partial charge in [-0.05, 0) is 31.5 Å². The van der Waals surface area contributed by atoms with Crippen molar-refractivity contribution < 1.29 is 14.6 Å². The molecule has 0 spiro atoms. The number of carboxylic acids is 1. The molecular formula is C13H18N2O3. The molecule has 4 N–H and O–H groups in total. The van der Waals surface area contributed by atoms with Gasteiger partial charge in [-0.1, -0.05) is 0 Å². The fourth-order valence-electron chi connectivity index (χ4n) is 2.14. The summed E-state index contributed by atoms with van der Waals surface area (Å²) in [5.41, 5.74) is 7.26. The van der Waals surface area contributed by atoms with Gasteiger partial charge in [0.25, 0.3) is 0 Å². The number of benzene rings is 1.